The van der Waals surface area contributed by atoms with Crippen LogP contribution in [0.4, 0.5) is 0 Å². The van der Waals surface area contributed by atoms with Crippen molar-refractivity contribution in [3.8, 4) is 40.2 Å². The molecule has 100 heavy (non-hydrogen) atoms. The first-order chi connectivity index (χ1) is 48.2. The van der Waals surface area contributed by atoms with E-state index in [2.05, 4.69) is 281 Å². The molecule has 1 aliphatic rings. The summed E-state index contributed by atoms with van der Waals surface area (Å²) in [6.07, 6.45) is 5.40. The van der Waals surface area contributed by atoms with Crippen molar-refractivity contribution in [2.24, 2.45) is 0 Å². The van der Waals surface area contributed by atoms with Crippen LogP contribution in [-0.4, -0.2) is 38.2 Å². The first kappa shape index (κ1) is 73.4. The van der Waals surface area contributed by atoms with Crippen LogP contribution in [0.25, 0.3) is 0 Å². The van der Waals surface area contributed by atoms with Gasteiger partial charge in [0, 0.05) is 0 Å². The Labute approximate surface area is 604 Å². The van der Waals surface area contributed by atoms with Gasteiger partial charge in [-0.3, -0.25) is 0 Å². The van der Waals surface area contributed by atoms with Crippen LogP contribution in [0.2, 0.25) is 0 Å². The molecular weight excluding hydrogens is 1310 g/mol. The quantitative estimate of drug-likeness (QED) is 0.0782. The molecule has 1 fully saturated rings. The highest BCUT2D eigenvalue weighted by atomic mass is 32.2. The summed E-state index contributed by atoms with van der Waals surface area (Å²) in [4.78, 5) is 14.9. The summed E-state index contributed by atoms with van der Waals surface area (Å²) in [5, 5.41) is 28.5. The molecule has 0 aromatic heterocycles. The SMILES string of the molecule is CC(C)(C)Oc1ccc([S+](c2ccc(OC(C)(C)C)cc2)c2ccc(OC(C)(C)C)cc2)cc1.Oc1ccc([S+](c2ccccc2)c2ccc(O)cc2)cc1.Oc1ccc([S+](c2ccccc2)c2ccccc2)cc1.c1ccc([S+](c2ccccc2)c2ccc(OC3CCCC3)cc2)cc1. The van der Waals surface area contributed by atoms with Crippen molar-refractivity contribution in [3.63, 3.8) is 0 Å². The Morgan fingerprint density at radius 1 is 0.230 bits per heavy atom. The fourth-order valence-electron chi connectivity index (χ4n) is 11.0. The Balaban J connectivity index is 0.000000147. The minimum absolute atomic E-state index is 0.0824. The van der Waals surface area contributed by atoms with E-state index < -0.39 is 0 Å². The van der Waals surface area contributed by atoms with Crippen LogP contribution in [0.5, 0.6) is 40.2 Å². The molecule has 7 nitrogen and oxygen atoms in total. The zero-order valence-electron chi connectivity index (χ0n) is 58.6. The molecule has 0 aliphatic heterocycles. The van der Waals surface area contributed by atoms with Gasteiger partial charge in [0.15, 0.2) is 58.7 Å². The van der Waals surface area contributed by atoms with Gasteiger partial charge in [0.2, 0.25) is 0 Å². The second kappa shape index (κ2) is 35.1. The van der Waals surface area contributed by atoms with Gasteiger partial charge in [-0.2, -0.15) is 0 Å². The monoisotopic (exact) mass is 1400 g/mol. The number of ether oxygens (including phenoxy) is 4. The van der Waals surface area contributed by atoms with E-state index in [1.807, 2.05) is 66.7 Å². The van der Waals surface area contributed by atoms with Crippen LogP contribution >= 0.6 is 0 Å². The molecule has 510 valence electrons. The van der Waals surface area contributed by atoms with Gasteiger partial charge in [0.05, 0.1) is 49.7 Å². The maximum absolute atomic E-state index is 9.49. The molecule has 11 heteroatoms. The van der Waals surface area contributed by atoms with Gasteiger partial charge in [-0.05, 0) is 319 Å². The van der Waals surface area contributed by atoms with Gasteiger partial charge in [-0.15, -0.1) is 0 Å². The maximum Gasteiger partial charge on any atom is 0.166 e. The van der Waals surface area contributed by atoms with Gasteiger partial charge in [0.1, 0.15) is 57.0 Å². The number of phenols is 3. The molecule has 12 aromatic rings. The minimum Gasteiger partial charge on any atom is -0.508 e. The topological polar surface area (TPSA) is 97.6 Å². The van der Waals surface area contributed by atoms with Crippen LogP contribution in [0.1, 0.15) is 88.0 Å². The van der Waals surface area contributed by atoms with Crippen LogP contribution in [0, 0.1) is 0 Å². The third kappa shape index (κ3) is 22.3. The van der Waals surface area contributed by atoms with Crippen LogP contribution in [0.3, 0.4) is 0 Å². The number of aromatic hydroxyl groups is 3. The number of hydrogen-bond acceptors (Lipinski definition) is 7. The molecule has 0 bridgehead atoms. The third-order valence-electron chi connectivity index (χ3n) is 15.2. The number of phenolic OH excluding ortho intramolecular Hbond substituents is 3. The molecular formula is C89H92O7S4+4. The fourth-order valence-corrected chi connectivity index (χ4v) is 19.3. The second-order valence-corrected chi connectivity index (χ2v) is 34.9. The molecule has 0 spiro atoms. The van der Waals surface area contributed by atoms with Crippen LogP contribution < -0.4 is 18.9 Å². The molecule has 12 aromatic carbocycles. The average molecular weight is 1400 g/mol. The summed E-state index contributed by atoms with van der Waals surface area (Å²) in [6.45, 7) is 18.6. The lowest BCUT2D eigenvalue weighted by Gasteiger charge is -2.22. The van der Waals surface area contributed by atoms with E-state index in [0.717, 1.165) is 32.8 Å². The van der Waals surface area contributed by atoms with Crippen molar-refractivity contribution < 1.29 is 34.3 Å². The molecule has 0 atom stereocenters. The second-order valence-electron chi connectivity index (χ2n) is 26.8. The van der Waals surface area contributed by atoms with Gasteiger partial charge >= 0.3 is 0 Å². The Morgan fingerprint density at radius 2 is 0.400 bits per heavy atom. The fraction of sp³-hybridized carbons (Fsp3) is 0.191. The number of benzene rings is 12. The highest BCUT2D eigenvalue weighted by molar-refractivity contribution is 7.98. The lowest BCUT2D eigenvalue weighted by Crippen LogP contribution is -2.23. The van der Waals surface area contributed by atoms with E-state index in [0.29, 0.717) is 11.9 Å². The summed E-state index contributed by atoms with van der Waals surface area (Å²) in [5.41, 5.74) is -0.682. The summed E-state index contributed by atoms with van der Waals surface area (Å²) in [5.74, 6) is 4.47. The Morgan fingerprint density at radius 3 is 0.590 bits per heavy atom. The lowest BCUT2D eigenvalue weighted by molar-refractivity contribution is 0.130. The predicted octanol–water partition coefficient (Wildman–Crippen LogP) is 23.1. The molecule has 0 saturated heterocycles. The average Bonchev–Trinajstić information content (AvgIpc) is 0.869. The van der Waals surface area contributed by atoms with Crippen molar-refractivity contribution in [2.45, 2.75) is 170 Å². The molecule has 0 unspecified atom stereocenters. The van der Waals surface area contributed by atoms with E-state index in [9.17, 15) is 15.3 Å². The highest BCUT2D eigenvalue weighted by Gasteiger charge is 2.33. The highest BCUT2D eigenvalue weighted by Crippen LogP contribution is 2.39. The van der Waals surface area contributed by atoms with Crippen LogP contribution in [-0.2, 0) is 43.6 Å². The Hall–Kier alpha value is -9.36. The number of hydrogen-bond donors (Lipinski definition) is 3. The predicted molar refractivity (Wildman–Crippen MR) is 415 cm³/mol. The Bertz CT molecular complexity index is 4070. The van der Waals surface area contributed by atoms with E-state index >= 15 is 0 Å². The smallest absolute Gasteiger partial charge is 0.166 e. The summed E-state index contributed by atoms with van der Waals surface area (Å²) in [7, 11) is -0.745. The van der Waals surface area contributed by atoms with E-state index in [-0.39, 0.29) is 71.9 Å². The minimum atomic E-state index is -0.276. The zero-order valence-corrected chi connectivity index (χ0v) is 61.9. The molecule has 3 N–H and O–H groups in total. The number of rotatable bonds is 17. The summed E-state index contributed by atoms with van der Waals surface area (Å²) in [6, 6.07) is 109. The first-order valence-corrected chi connectivity index (χ1v) is 38.8. The lowest BCUT2D eigenvalue weighted by atomic mass is 10.2. The van der Waals surface area contributed by atoms with E-state index in [1.165, 1.54) is 74.6 Å². The zero-order chi connectivity index (χ0) is 70.5. The van der Waals surface area contributed by atoms with Gasteiger partial charge in [0.25, 0.3) is 0 Å². The summed E-state index contributed by atoms with van der Waals surface area (Å²) >= 11 is 0. The largest absolute Gasteiger partial charge is 0.508 e. The first-order valence-electron chi connectivity index (χ1n) is 33.9. The Kier molecular flexibility index (Phi) is 25.8. The van der Waals surface area contributed by atoms with Gasteiger partial charge in [-0.25, -0.2) is 0 Å². The standard InChI is InChI=1S/C30H39O3S.C23H23OS.C18H14O2S.C18H14OS/c1-28(2,3)31-22-10-16-25(17-11-22)34(26-18-12-23(13-19-26)32-29(4,5)6)27-20-14-24(15-21-27)33-30(7,8)9;1-3-11-21(12-4-1)25(22-13-5-2-6-14-22)23-17-15-20(16-18-23)24-19-9-7-8-10-19;19-14-6-10-17(11-7-14)21(16-4-2-1-3-5-16)18-12-8-15(20)9-13-18;19-15-11-13-18(14-12-15)20(16-7-3-1-4-8-16)17-9-5-2-6-10-17/h10-21H,1-9H3;1-6,11-19H,7-10H2;1-13H,(H-,19,20);1-14H/q2*+1;;/p+2. The van der Waals surface area contributed by atoms with Gasteiger partial charge in [-0.1, -0.05) is 91.0 Å². The van der Waals surface area contributed by atoms with E-state index in [1.54, 1.807) is 36.4 Å². The van der Waals surface area contributed by atoms with Crippen molar-refractivity contribution in [1.29, 1.82) is 0 Å². The molecule has 13 rings (SSSR count). The molecule has 0 heterocycles. The molecule has 0 amide bonds. The van der Waals surface area contributed by atoms with E-state index in [4.69, 9.17) is 18.9 Å². The van der Waals surface area contributed by atoms with Crippen LogP contribution in [0.15, 0.2) is 380 Å². The maximum atomic E-state index is 9.49. The molecule has 0 radical (unpaired) electrons. The van der Waals surface area contributed by atoms with Crippen molar-refractivity contribution in [1.82, 2.24) is 0 Å². The normalized spacial score (nSPS) is 12.3. The third-order valence-corrected chi connectivity index (χ3v) is 24.1. The molecule has 1 aliphatic carbocycles. The summed E-state index contributed by atoms with van der Waals surface area (Å²) < 4.78 is 24.3. The van der Waals surface area contributed by atoms with Gasteiger partial charge < -0.3 is 34.3 Å². The van der Waals surface area contributed by atoms with Crippen molar-refractivity contribution in [2.75, 3.05) is 0 Å². The van der Waals surface area contributed by atoms with Crippen molar-refractivity contribution in [3.05, 3.63) is 322 Å². The van der Waals surface area contributed by atoms with Crippen molar-refractivity contribution >= 4 is 43.6 Å². The molecule has 1 saturated carbocycles.